The molecule has 2 fully saturated rings. The summed E-state index contributed by atoms with van der Waals surface area (Å²) in [5.41, 5.74) is 1.11. The molecule has 3 rings (SSSR count). The fourth-order valence-electron chi connectivity index (χ4n) is 4.18. The fourth-order valence-corrected chi connectivity index (χ4v) is 4.18. The lowest BCUT2D eigenvalue weighted by Crippen LogP contribution is -2.50. The summed E-state index contributed by atoms with van der Waals surface area (Å²) in [5, 5.41) is 3.03. The Morgan fingerprint density at radius 2 is 1.63 bits per heavy atom. The summed E-state index contributed by atoms with van der Waals surface area (Å²) in [6.45, 7) is 6.04. The molecular weight excluding hydrogens is 338 g/mol. The Kier molecular flexibility index (Phi) is 7.27. The van der Waals surface area contributed by atoms with Gasteiger partial charge in [-0.25, -0.2) is 0 Å². The first-order valence-electron chi connectivity index (χ1n) is 10.5. The average Bonchev–Trinajstić information content (AvgIpc) is 3.01. The van der Waals surface area contributed by atoms with E-state index in [-0.39, 0.29) is 17.9 Å². The standard InChI is InChI=1S/C22H33N3O2/c1-18(21(26)23-17-19-9-5-4-6-10-19)24-15-11-20(12-16-24)22(27)25-13-7-2-3-8-14-25/h4-6,9-10,18,20H,2-3,7-8,11-17H2,1H3,(H,23,26). The summed E-state index contributed by atoms with van der Waals surface area (Å²) in [5.74, 6) is 0.549. The third-order valence-electron chi connectivity index (χ3n) is 6.03. The molecule has 2 amide bonds. The van der Waals surface area contributed by atoms with E-state index in [2.05, 4.69) is 15.1 Å². The number of likely N-dealkylation sites (tertiary alicyclic amines) is 2. The number of amides is 2. The first-order chi connectivity index (χ1) is 13.1. The van der Waals surface area contributed by atoms with Gasteiger partial charge in [0.1, 0.15) is 0 Å². The molecule has 0 spiro atoms. The van der Waals surface area contributed by atoms with Crippen molar-refractivity contribution < 1.29 is 9.59 Å². The van der Waals surface area contributed by atoms with Gasteiger partial charge in [-0.1, -0.05) is 43.2 Å². The quantitative estimate of drug-likeness (QED) is 0.866. The van der Waals surface area contributed by atoms with Crippen molar-refractivity contribution in [2.75, 3.05) is 26.2 Å². The van der Waals surface area contributed by atoms with E-state index in [4.69, 9.17) is 0 Å². The summed E-state index contributed by atoms with van der Waals surface area (Å²) in [4.78, 5) is 29.6. The van der Waals surface area contributed by atoms with Crippen LogP contribution in [0.4, 0.5) is 0 Å². The fraction of sp³-hybridized carbons (Fsp3) is 0.636. The lowest BCUT2D eigenvalue weighted by atomic mass is 9.94. The normalized spacial score (nSPS) is 20.7. The number of benzene rings is 1. The Bertz CT molecular complexity index is 603. The largest absolute Gasteiger partial charge is 0.351 e. The zero-order valence-corrected chi connectivity index (χ0v) is 16.5. The molecule has 1 aromatic carbocycles. The van der Waals surface area contributed by atoms with Crippen molar-refractivity contribution in [1.82, 2.24) is 15.1 Å². The van der Waals surface area contributed by atoms with Crippen LogP contribution in [0.1, 0.15) is 51.0 Å². The Labute approximate surface area is 163 Å². The van der Waals surface area contributed by atoms with Crippen molar-refractivity contribution in [3.05, 3.63) is 35.9 Å². The lowest BCUT2D eigenvalue weighted by molar-refractivity contribution is -0.137. The number of nitrogens with one attached hydrogen (secondary N) is 1. The molecule has 0 bridgehead atoms. The molecule has 0 aromatic heterocycles. The number of carbonyl (C=O) groups excluding carboxylic acids is 2. The third-order valence-corrected chi connectivity index (χ3v) is 6.03. The van der Waals surface area contributed by atoms with Gasteiger partial charge in [0.05, 0.1) is 6.04 Å². The molecule has 2 saturated heterocycles. The summed E-state index contributed by atoms with van der Waals surface area (Å²) >= 11 is 0. The highest BCUT2D eigenvalue weighted by molar-refractivity contribution is 5.81. The van der Waals surface area contributed by atoms with Crippen LogP contribution in [0.3, 0.4) is 0 Å². The molecule has 2 aliphatic heterocycles. The topological polar surface area (TPSA) is 52.7 Å². The highest BCUT2D eigenvalue weighted by Crippen LogP contribution is 2.23. The zero-order valence-electron chi connectivity index (χ0n) is 16.5. The van der Waals surface area contributed by atoms with Gasteiger partial charge in [0, 0.05) is 25.6 Å². The molecule has 1 unspecified atom stereocenters. The van der Waals surface area contributed by atoms with E-state index < -0.39 is 0 Å². The van der Waals surface area contributed by atoms with Gasteiger partial charge in [-0.15, -0.1) is 0 Å². The highest BCUT2D eigenvalue weighted by Gasteiger charge is 2.31. The zero-order chi connectivity index (χ0) is 19.1. The maximum atomic E-state index is 12.8. The molecule has 2 heterocycles. The number of rotatable bonds is 5. The Morgan fingerprint density at radius 3 is 2.26 bits per heavy atom. The van der Waals surface area contributed by atoms with Gasteiger partial charge in [0.2, 0.25) is 11.8 Å². The van der Waals surface area contributed by atoms with Gasteiger partial charge >= 0.3 is 0 Å². The second-order valence-corrected chi connectivity index (χ2v) is 7.93. The van der Waals surface area contributed by atoms with Crippen molar-refractivity contribution >= 4 is 11.8 Å². The van der Waals surface area contributed by atoms with Gasteiger partial charge in [0.25, 0.3) is 0 Å². The van der Waals surface area contributed by atoms with Crippen molar-refractivity contribution in [3.63, 3.8) is 0 Å². The number of hydrogen-bond donors (Lipinski definition) is 1. The van der Waals surface area contributed by atoms with E-state index in [1.807, 2.05) is 37.3 Å². The molecule has 0 radical (unpaired) electrons. The average molecular weight is 372 g/mol. The monoisotopic (exact) mass is 371 g/mol. The summed E-state index contributed by atoms with van der Waals surface area (Å²) in [7, 11) is 0. The summed E-state index contributed by atoms with van der Waals surface area (Å²) < 4.78 is 0. The molecule has 27 heavy (non-hydrogen) atoms. The molecule has 0 aliphatic carbocycles. The minimum atomic E-state index is -0.150. The van der Waals surface area contributed by atoms with Crippen molar-refractivity contribution in [2.24, 2.45) is 5.92 Å². The van der Waals surface area contributed by atoms with Crippen LogP contribution >= 0.6 is 0 Å². The van der Waals surface area contributed by atoms with E-state index in [1.165, 1.54) is 12.8 Å². The molecule has 148 valence electrons. The van der Waals surface area contributed by atoms with Gasteiger partial charge in [-0.05, 0) is 51.3 Å². The SMILES string of the molecule is CC(C(=O)NCc1ccccc1)N1CCC(C(=O)N2CCCCCC2)CC1. The molecule has 1 atom stereocenters. The first-order valence-corrected chi connectivity index (χ1v) is 10.5. The summed E-state index contributed by atoms with van der Waals surface area (Å²) in [6.07, 6.45) is 6.51. The predicted molar refractivity (Wildman–Crippen MR) is 107 cm³/mol. The minimum Gasteiger partial charge on any atom is -0.351 e. The van der Waals surface area contributed by atoms with Gasteiger partial charge in [0.15, 0.2) is 0 Å². The smallest absolute Gasteiger partial charge is 0.237 e. The number of nitrogens with zero attached hydrogens (tertiary/aromatic N) is 2. The first kappa shape index (κ1) is 19.9. The number of carbonyl (C=O) groups is 2. The number of piperidine rings is 1. The van der Waals surface area contributed by atoms with Gasteiger partial charge in [-0.2, -0.15) is 0 Å². The Hall–Kier alpha value is -1.88. The van der Waals surface area contributed by atoms with Crippen LogP contribution in [0.5, 0.6) is 0 Å². The predicted octanol–water partition coefficient (Wildman–Crippen LogP) is 2.81. The Morgan fingerprint density at radius 1 is 1.00 bits per heavy atom. The van der Waals surface area contributed by atoms with Gasteiger partial charge < -0.3 is 10.2 Å². The van der Waals surface area contributed by atoms with Gasteiger partial charge in [-0.3, -0.25) is 14.5 Å². The van der Waals surface area contributed by atoms with Crippen LogP contribution in [0.15, 0.2) is 30.3 Å². The number of hydrogen-bond acceptors (Lipinski definition) is 3. The van der Waals surface area contributed by atoms with E-state index in [0.29, 0.717) is 12.5 Å². The van der Waals surface area contributed by atoms with Crippen molar-refractivity contribution in [2.45, 2.75) is 58.0 Å². The van der Waals surface area contributed by atoms with Crippen LogP contribution in [-0.4, -0.2) is 53.8 Å². The second-order valence-electron chi connectivity index (χ2n) is 7.93. The van der Waals surface area contributed by atoms with Crippen LogP contribution in [0, 0.1) is 5.92 Å². The maximum absolute atomic E-state index is 12.8. The van der Waals surface area contributed by atoms with Crippen LogP contribution < -0.4 is 5.32 Å². The highest BCUT2D eigenvalue weighted by atomic mass is 16.2. The van der Waals surface area contributed by atoms with Crippen LogP contribution in [0.2, 0.25) is 0 Å². The molecule has 2 aliphatic rings. The van der Waals surface area contributed by atoms with Crippen molar-refractivity contribution in [1.29, 1.82) is 0 Å². The molecule has 5 heteroatoms. The van der Waals surface area contributed by atoms with Crippen LogP contribution in [-0.2, 0) is 16.1 Å². The van der Waals surface area contributed by atoms with Crippen LogP contribution in [0.25, 0.3) is 0 Å². The molecular formula is C22H33N3O2. The third kappa shape index (κ3) is 5.55. The molecule has 0 saturated carbocycles. The van der Waals surface area contributed by atoms with E-state index in [0.717, 1.165) is 57.4 Å². The molecule has 1 N–H and O–H groups in total. The van der Waals surface area contributed by atoms with E-state index >= 15 is 0 Å². The minimum absolute atomic E-state index is 0.0659. The second kappa shape index (κ2) is 9.88. The van der Waals surface area contributed by atoms with E-state index in [9.17, 15) is 9.59 Å². The summed E-state index contributed by atoms with van der Waals surface area (Å²) in [6, 6.07) is 9.83. The molecule has 1 aromatic rings. The van der Waals surface area contributed by atoms with E-state index in [1.54, 1.807) is 0 Å². The molecule has 5 nitrogen and oxygen atoms in total. The lowest BCUT2D eigenvalue weighted by Gasteiger charge is -2.36. The maximum Gasteiger partial charge on any atom is 0.237 e. The van der Waals surface area contributed by atoms with Crippen molar-refractivity contribution in [3.8, 4) is 0 Å². The Balaban J connectivity index is 1.43.